The highest BCUT2D eigenvalue weighted by Crippen LogP contribution is 2.44. The first-order valence-corrected chi connectivity index (χ1v) is 6.98. The van der Waals surface area contributed by atoms with Gasteiger partial charge in [0.2, 0.25) is 0 Å². The minimum Gasteiger partial charge on any atom is -0.480 e. The molecule has 2 unspecified atom stereocenters. The summed E-state index contributed by atoms with van der Waals surface area (Å²) in [4.78, 5) is 13.5. The zero-order valence-electron chi connectivity index (χ0n) is 9.48. The molecule has 3 fully saturated rings. The van der Waals surface area contributed by atoms with Gasteiger partial charge >= 0.3 is 5.97 Å². The largest absolute Gasteiger partial charge is 0.480 e. The summed E-state index contributed by atoms with van der Waals surface area (Å²) in [5.74, 6) is 0.00231. The van der Waals surface area contributed by atoms with E-state index in [0.29, 0.717) is 11.8 Å². The third-order valence-electron chi connectivity index (χ3n) is 3.91. The van der Waals surface area contributed by atoms with Crippen LogP contribution in [0.2, 0.25) is 0 Å². The van der Waals surface area contributed by atoms with Crippen LogP contribution in [0.25, 0.3) is 0 Å². The van der Waals surface area contributed by atoms with Gasteiger partial charge in [-0.05, 0) is 26.2 Å². The van der Waals surface area contributed by atoms with E-state index in [-0.39, 0.29) is 10.9 Å². The second-order valence-electron chi connectivity index (χ2n) is 5.30. The highest BCUT2D eigenvalue weighted by Gasteiger charge is 2.51. The fraction of sp³-hybridized carbons (Fsp3) is 0.909. The van der Waals surface area contributed by atoms with E-state index in [4.69, 9.17) is 5.11 Å². The Kier molecular flexibility index (Phi) is 2.46. The lowest BCUT2D eigenvalue weighted by atomic mass is 10.1. The molecule has 3 rings (SSSR count). The molecule has 0 aromatic carbocycles. The quantitative estimate of drug-likeness (QED) is 0.747. The Morgan fingerprint density at radius 1 is 1.56 bits per heavy atom. The second kappa shape index (κ2) is 3.62. The van der Waals surface area contributed by atoms with E-state index in [2.05, 4.69) is 17.1 Å². The number of hydrogen-bond acceptors (Lipinski definition) is 4. The van der Waals surface area contributed by atoms with Gasteiger partial charge in [0.1, 0.15) is 6.04 Å². The van der Waals surface area contributed by atoms with Crippen LogP contribution in [0.3, 0.4) is 0 Å². The highest BCUT2D eigenvalue weighted by atomic mass is 32.2. The Labute approximate surface area is 99.8 Å². The molecule has 16 heavy (non-hydrogen) atoms. The van der Waals surface area contributed by atoms with Gasteiger partial charge in [0.05, 0.1) is 4.87 Å². The average molecular weight is 242 g/mol. The van der Waals surface area contributed by atoms with Crippen LogP contribution >= 0.6 is 11.8 Å². The molecule has 0 radical (unpaired) electrons. The van der Waals surface area contributed by atoms with Gasteiger partial charge < -0.3 is 5.11 Å². The lowest BCUT2D eigenvalue weighted by molar-refractivity contribution is -0.138. The van der Waals surface area contributed by atoms with Crippen LogP contribution in [0.5, 0.6) is 0 Å². The summed E-state index contributed by atoms with van der Waals surface area (Å²) >= 11 is 1.81. The molecule has 2 heterocycles. The Morgan fingerprint density at radius 2 is 2.31 bits per heavy atom. The maximum Gasteiger partial charge on any atom is 0.321 e. The van der Waals surface area contributed by atoms with Crippen LogP contribution in [0, 0.1) is 0 Å². The standard InChI is InChI=1S/C11H18N2O2S/c1-7-4-11(6-13(7)8-2-3-8)12-9(5-16-11)10(14)15/h7-9,12H,2-6H2,1H3,(H,14,15)/t7?,9-,11?/m0/s1. The molecule has 2 aliphatic heterocycles. The molecule has 2 N–H and O–H groups in total. The van der Waals surface area contributed by atoms with Gasteiger partial charge in [-0.15, -0.1) is 11.8 Å². The fourth-order valence-corrected chi connectivity index (χ4v) is 4.53. The predicted molar refractivity (Wildman–Crippen MR) is 63.6 cm³/mol. The molecule has 5 heteroatoms. The third kappa shape index (κ3) is 1.75. The van der Waals surface area contributed by atoms with Crippen molar-refractivity contribution in [3.63, 3.8) is 0 Å². The van der Waals surface area contributed by atoms with Crippen LogP contribution in [-0.2, 0) is 4.79 Å². The molecule has 2 saturated heterocycles. The predicted octanol–water partition coefficient (Wildman–Crippen LogP) is 0.729. The zero-order chi connectivity index (χ0) is 11.3. The van der Waals surface area contributed by atoms with Gasteiger partial charge in [-0.2, -0.15) is 0 Å². The summed E-state index contributed by atoms with van der Waals surface area (Å²) in [6.45, 7) is 3.29. The summed E-state index contributed by atoms with van der Waals surface area (Å²) in [5, 5.41) is 12.4. The first-order valence-electron chi connectivity index (χ1n) is 6.00. The van der Waals surface area contributed by atoms with Crippen LogP contribution in [-0.4, -0.2) is 51.3 Å². The number of thioether (sulfide) groups is 1. The molecule has 0 aromatic heterocycles. The van der Waals surface area contributed by atoms with E-state index >= 15 is 0 Å². The van der Waals surface area contributed by atoms with Gasteiger partial charge in [0.25, 0.3) is 0 Å². The number of carboxylic acids is 1. The zero-order valence-corrected chi connectivity index (χ0v) is 10.3. The van der Waals surface area contributed by atoms with E-state index < -0.39 is 5.97 Å². The fourth-order valence-electron chi connectivity index (χ4n) is 2.99. The Bertz CT molecular complexity index is 321. The van der Waals surface area contributed by atoms with Crippen molar-refractivity contribution in [1.29, 1.82) is 0 Å². The van der Waals surface area contributed by atoms with E-state index in [1.165, 1.54) is 12.8 Å². The summed E-state index contributed by atoms with van der Waals surface area (Å²) in [7, 11) is 0. The van der Waals surface area contributed by atoms with Crippen LogP contribution in [0.4, 0.5) is 0 Å². The van der Waals surface area contributed by atoms with Gasteiger partial charge in [0.15, 0.2) is 0 Å². The Morgan fingerprint density at radius 3 is 2.88 bits per heavy atom. The van der Waals surface area contributed by atoms with Gasteiger partial charge in [-0.25, -0.2) is 0 Å². The van der Waals surface area contributed by atoms with E-state index in [1.54, 1.807) is 0 Å². The molecule has 4 nitrogen and oxygen atoms in total. The molecule has 1 spiro atoms. The van der Waals surface area contributed by atoms with E-state index in [1.807, 2.05) is 11.8 Å². The molecule has 0 aromatic rings. The molecule has 1 aliphatic carbocycles. The normalized spacial score (nSPS) is 44.3. The summed E-state index contributed by atoms with van der Waals surface area (Å²) < 4.78 is 0. The lowest BCUT2D eigenvalue weighted by Crippen LogP contribution is -2.46. The molecule has 3 aliphatic rings. The van der Waals surface area contributed by atoms with Crippen molar-refractivity contribution in [3.05, 3.63) is 0 Å². The number of rotatable bonds is 2. The van der Waals surface area contributed by atoms with Gasteiger partial charge in [-0.1, -0.05) is 0 Å². The van der Waals surface area contributed by atoms with Crippen molar-refractivity contribution in [2.45, 2.75) is 49.2 Å². The van der Waals surface area contributed by atoms with Gasteiger partial charge in [0, 0.05) is 24.4 Å². The van der Waals surface area contributed by atoms with Gasteiger partial charge in [-0.3, -0.25) is 15.0 Å². The van der Waals surface area contributed by atoms with Crippen molar-refractivity contribution >= 4 is 17.7 Å². The molecule has 0 bridgehead atoms. The number of carboxylic acid groups (broad SMARTS) is 1. The van der Waals surface area contributed by atoms with Crippen molar-refractivity contribution in [2.24, 2.45) is 0 Å². The lowest BCUT2D eigenvalue weighted by Gasteiger charge is -2.24. The van der Waals surface area contributed by atoms with Crippen molar-refractivity contribution < 1.29 is 9.90 Å². The van der Waals surface area contributed by atoms with E-state index in [9.17, 15) is 4.79 Å². The molecule has 3 atom stereocenters. The smallest absolute Gasteiger partial charge is 0.321 e. The summed E-state index contributed by atoms with van der Waals surface area (Å²) in [6, 6.07) is 1.03. The monoisotopic (exact) mass is 242 g/mol. The molecule has 1 saturated carbocycles. The highest BCUT2D eigenvalue weighted by molar-refractivity contribution is 8.01. The van der Waals surface area contributed by atoms with Crippen LogP contribution in [0.1, 0.15) is 26.2 Å². The average Bonchev–Trinajstić information content (AvgIpc) is 2.91. The number of nitrogens with zero attached hydrogens (tertiary/aromatic N) is 1. The molecular weight excluding hydrogens is 224 g/mol. The molecular formula is C11H18N2O2S. The topological polar surface area (TPSA) is 52.6 Å². The third-order valence-corrected chi connectivity index (χ3v) is 5.37. The van der Waals surface area contributed by atoms with Crippen LogP contribution < -0.4 is 5.32 Å². The number of aliphatic carboxylic acids is 1. The maximum atomic E-state index is 11.0. The first-order chi connectivity index (χ1) is 7.60. The summed E-state index contributed by atoms with van der Waals surface area (Å²) in [5.41, 5.74) is 0. The van der Waals surface area contributed by atoms with Crippen molar-refractivity contribution in [1.82, 2.24) is 10.2 Å². The SMILES string of the molecule is CC1CC2(CN1C1CC1)N[C@H](C(=O)O)CS2. The number of nitrogens with one attached hydrogen (secondary N) is 1. The number of carbonyl (C=O) groups is 1. The minimum atomic E-state index is -0.707. The molecule has 0 amide bonds. The maximum absolute atomic E-state index is 11.0. The van der Waals surface area contributed by atoms with Crippen molar-refractivity contribution in [3.8, 4) is 0 Å². The van der Waals surface area contributed by atoms with Crippen LogP contribution in [0.15, 0.2) is 0 Å². The second-order valence-corrected chi connectivity index (χ2v) is 6.70. The van der Waals surface area contributed by atoms with Crippen molar-refractivity contribution in [2.75, 3.05) is 12.3 Å². The minimum absolute atomic E-state index is 0.0189. The molecule has 90 valence electrons. The number of hydrogen-bond donors (Lipinski definition) is 2. The Balaban J connectivity index is 1.69. The first kappa shape index (κ1) is 10.9. The Hall–Kier alpha value is -0.260. The summed E-state index contributed by atoms with van der Waals surface area (Å²) in [6.07, 6.45) is 3.73. The van der Waals surface area contributed by atoms with E-state index in [0.717, 1.165) is 19.0 Å². The number of likely N-dealkylation sites (tertiary alicyclic amines) is 1.